The third kappa shape index (κ3) is 4.41. The number of rotatable bonds is 4. The Morgan fingerprint density at radius 2 is 1.52 bits per heavy atom. The summed E-state index contributed by atoms with van der Waals surface area (Å²) in [7, 11) is 0. The predicted octanol–water partition coefficient (Wildman–Crippen LogP) is 6.48. The van der Waals surface area contributed by atoms with Gasteiger partial charge in [0, 0.05) is 10.7 Å². The number of nitrogens with zero attached hydrogens (tertiary/aromatic N) is 1. The zero-order valence-electron chi connectivity index (χ0n) is 18.9. The first-order valence-corrected chi connectivity index (χ1v) is 11.0. The Bertz CT molecular complexity index is 1270. The number of nitrogens with one attached hydrogen (secondary N) is 1. The molecule has 0 saturated heterocycles. The lowest BCUT2D eigenvalue weighted by molar-refractivity contribution is -0.120. The summed E-state index contributed by atoms with van der Waals surface area (Å²) in [6.45, 7) is 8.20. The van der Waals surface area contributed by atoms with Gasteiger partial charge < -0.3 is 5.32 Å². The topological polar surface area (TPSA) is 49.4 Å². The molecule has 1 N–H and O–H groups in total. The summed E-state index contributed by atoms with van der Waals surface area (Å²) >= 11 is 6.26. The Morgan fingerprint density at radius 1 is 0.879 bits per heavy atom. The molecule has 2 amide bonds. The minimum Gasteiger partial charge on any atom is -0.350 e. The summed E-state index contributed by atoms with van der Waals surface area (Å²) < 4.78 is 13.5. The van der Waals surface area contributed by atoms with Crippen molar-refractivity contribution < 1.29 is 14.0 Å². The van der Waals surface area contributed by atoms with Crippen LogP contribution in [0, 0.1) is 12.7 Å². The molecule has 0 aromatic heterocycles. The Kier molecular flexibility index (Phi) is 5.85. The third-order valence-corrected chi connectivity index (χ3v) is 6.06. The van der Waals surface area contributed by atoms with E-state index < -0.39 is 17.6 Å². The van der Waals surface area contributed by atoms with Crippen LogP contribution in [0.3, 0.4) is 0 Å². The normalized spacial score (nSPS) is 14.3. The molecule has 1 aliphatic heterocycles. The Morgan fingerprint density at radius 3 is 2.09 bits per heavy atom. The van der Waals surface area contributed by atoms with E-state index in [0.29, 0.717) is 22.0 Å². The first-order valence-electron chi connectivity index (χ1n) is 10.6. The van der Waals surface area contributed by atoms with Crippen LogP contribution >= 0.6 is 11.6 Å². The summed E-state index contributed by atoms with van der Waals surface area (Å²) in [5.41, 5.74) is 3.77. The zero-order valence-corrected chi connectivity index (χ0v) is 19.6. The number of amides is 2. The van der Waals surface area contributed by atoms with Gasteiger partial charge in [0.05, 0.1) is 11.3 Å². The molecule has 1 aliphatic rings. The molecule has 0 aliphatic carbocycles. The lowest BCUT2D eigenvalue weighted by Gasteiger charge is -2.19. The maximum atomic E-state index is 13.5. The first-order chi connectivity index (χ1) is 15.6. The summed E-state index contributed by atoms with van der Waals surface area (Å²) in [5, 5.41) is 3.58. The van der Waals surface area contributed by atoms with E-state index in [0.717, 1.165) is 16.0 Å². The van der Waals surface area contributed by atoms with Crippen LogP contribution in [0.5, 0.6) is 0 Å². The first kappa shape index (κ1) is 22.7. The SMILES string of the molecule is Cc1ccc(N2C(=O)C(Nc3ccc(C(C)(C)C)cc3)=C(c3ccc(F)cc3)C2=O)cc1Cl. The lowest BCUT2D eigenvalue weighted by atomic mass is 9.87. The van der Waals surface area contributed by atoms with Crippen molar-refractivity contribution in [2.75, 3.05) is 10.2 Å². The molecule has 0 radical (unpaired) electrons. The van der Waals surface area contributed by atoms with E-state index >= 15 is 0 Å². The van der Waals surface area contributed by atoms with E-state index in [-0.39, 0.29) is 16.7 Å². The molecule has 0 fully saturated rings. The van der Waals surface area contributed by atoms with Crippen LogP contribution in [0.1, 0.15) is 37.5 Å². The quantitative estimate of drug-likeness (QED) is 0.451. The molecular formula is C27H24ClFN2O2. The fraction of sp³-hybridized carbons (Fsp3) is 0.185. The van der Waals surface area contributed by atoms with Gasteiger partial charge in [0.2, 0.25) is 0 Å². The molecular weight excluding hydrogens is 439 g/mol. The number of carbonyl (C=O) groups excluding carboxylic acids is 2. The molecule has 1 heterocycles. The average Bonchev–Trinajstić information content (AvgIpc) is 3.00. The van der Waals surface area contributed by atoms with Crippen molar-refractivity contribution >= 4 is 40.4 Å². The molecule has 33 heavy (non-hydrogen) atoms. The molecule has 0 unspecified atom stereocenters. The lowest BCUT2D eigenvalue weighted by Crippen LogP contribution is -2.32. The molecule has 0 atom stereocenters. The van der Waals surface area contributed by atoms with Gasteiger partial charge in [-0.25, -0.2) is 9.29 Å². The summed E-state index contributed by atoms with van der Waals surface area (Å²) in [5.74, 6) is -1.43. The number of aryl methyl sites for hydroxylation is 1. The van der Waals surface area contributed by atoms with E-state index in [1.807, 2.05) is 31.2 Å². The van der Waals surface area contributed by atoms with Gasteiger partial charge in [0.1, 0.15) is 11.5 Å². The highest BCUT2D eigenvalue weighted by atomic mass is 35.5. The molecule has 4 nitrogen and oxygen atoms in total. The zero-order chi connectivity index (χ0) is 23.9. The maximum absolute atomic E-state index is 13.5. The number of benzene rings is 3. The van der Waals surface area contributed by atoms with Crippen molar-refractivity contribution in [2.45, 2.75) is 33.1 Å². The molecule has 6 heteroatoms. The Balaban J connectivity index is 1.78. The number of anilines is 2. The molecule has 0 spiro atoms. The van der Waals surface area contributed by atoms with Gasteiger partial charge in [0.15, 0.2) is 0 Å². The van der Waals surface area contributed by atoms with Gasteiger partial charge in [0.25, 0.3) is 11.8 Å². The number of imide groups is 1. The number of hydrogen-bond donors (Lipinski definition) is 1. The van der Waals surface area contributed by atoms with Gasteiger partial charge >= 0.3 is 0 Å². The maximum Gasteiger partial charge on any atom is 0.282 e. The van der Waals surface area contributed by atoms with E-state index in [4.69, 9.17) is 11.6 Å². The van der Waals surface area contributed by atoms with Crippen LogP contribution in [0.2, 0.25) is 5.02 Å². The summed E-state index contributed by atoms with van der Waals surface area (Å²) in [6.07, 6.45) is 0. The Hall–Kier alpha value is -3.44. The molecule has 4 rings (SSSR count). The minimum atomic E-state index is -0.501. The van der Waals surface area contributed by atoms with Crippen LogP contribution < -0.4 is 10.2 Å². The van der Waals surface area contributed by atoms with Crippen molar-refractivity contribution in [3.63, 3.8) is 0 Å². The minimum absolute atomic E-state index is 0.0161. The average molecular weight is 463 g/mol. The fourth-order valence-electron chi connectivity index (χ4n) is 3.68. The van der Waals surface area contributed by atoms with Crippen molar-refractivity contribution in [1.29, 1.82) is 0 Å². The predicted molar refractivity (Wildman–Crippen MR) is 131 cm³/mol. The third-order valence-electron chi connectivity index (χ3n) is 5.65. The highest BCUT2D eigenvalue weighted by molar-refractivity contribution is 6.46. The van der Waals surface area contributed by atoms with Crippen LogP contribution in [-0.4, -0.2) is 11.8 Å². The highest BCUT2D eigenvalue weighted by Gasteiger charge is 2.40. The Labute approximate surface area is 197 Å². The van der Waals surface area contributed by atoms with Crippen molar-refractivity contribution in [3.8, 4) is 0 Å². The van der Waals surface area contributed by atoms with Gasteiger partial charge in [-0.05, 0) is 65.4 Å². The standard InChI is InChI=1S/C27H24ClFN2O2/c1-16-5-14-21(15-22(16)28)31-25(32)23(17-6-10-19(29)11-7-17)24(26(31)33)30-20-12-8-18(9-13-20)27(2,3)4/h5-15,30H,1-4H3. The van der Waals surface area contributed by atoms with Gasteiger partial charge in [-0.15, -0.1) is 0 Å². The molecule has 168 valence electrons. The van der Waals surface area contributed by atoms with E-state index in [2.05, 4.69) is 26.1 Å². The number of carbonyl (C=O) groups is 2. The van der Waals surface area contributed by atoms with Gasteiger partial charge in [-0.1, -0.05) is 62.7 Å². The highest BCUT2D eigenvalue weighted by Crippen LogP contribution is 2.35. The smallest absolute Gasteiger partial charge is 0.282 e. The number of hydrogen-bond acceptors (Lipinski definition) is 3. The van der Waals surface area contributed by atoms with E-state index in [1.165, 1.54) is 24.3 Å². The van der Waals surface area contributed by atoms with Crippen LogP contribution in [0.15, 0.2) is 72.4 Å². The van der Waals surface area contributed by atoms with Gasteiger partial charge in [-0.3, -0.25) is 9.59 Å². The molecule has 3 aromatic rings. The molecule has 0 saturated carbocycles. The van der Waals surface area contributed by atoms with Crippen LogP contribution in [-0.2, 0) is 15.0 Å². The van der Waals surface area contributed by atoms with Crippen molar-refractivity contribution in [1.82, 2.24) is 0 Å². The molecule has 0 bridgehead atoms. The second-order valence-corrected chi connectivity index (χ2v) is 9.50. The monoisotopic (exact) mass is 462 g/mol. The molecule has 3 aromatic carbocycles. The van der Waals surface area contributed by atoms with E-state index in [1.54, 1.807) is 18.2 Å². The largest absolute Gasteiger partial charge is 0.350 e. The summed E-state index contributed by atoms with van der Waals surface area (Å²) in [4.78, 5) is 28.0. The number of halogens is 2. The van der Waals surface area contributed by atoms with Crippen LogP contribution in [0.25, 0.3) is 5.57 Å². The second-order valence-electron chi connectivity index (χ2n) is 9.09. The second kappa shape index (κ2) is 8.49. The van der Waals surface area contributed by atoms with Crippen LogP contribution in [0.4, 0.5) is 15.8 Å². The van der Waals surface area contributed by atoms with Crippen molar-refractivity contribution in [3.05, 3.63) is 100.0 Å². The van der Waals surface area contributed by atoms with Gasteiger partial charge in [-0.2, -0.15) is 0 Å². The van der Waals surface area contributed by atoms with E-state index in [9.17, 15) is 14.0 Å². The summed E-state index contributed by atoms with van der Waals surface area (Å²) in [6, 6.07) is 18.3. The fourth-order valence-corrected chi connectivity index (χ4v) is 3.86. The van der Waals surface area contributed by atoms with Crippen molar-refractivity contribution in [2.24, 2.45) is 0 Å².